The zero-order chi connectivity index (χ0) is 12.4. The number of benzene rings is 1. The zero-order valence-electron chi connectivity index (χ0n) is 9.30. The van der Waals surface area contributed by atoms with Crippen LogP contribution in [0.2, 0.25) is 5.15 Å². The van der Waals surface area contributed by atoms with Gasteiger partial charge in [-0.3, -0.25) is 5.10 Å². The van der Waals surface area contributed by atoms with Crippen molar-refractivity contribution >= 4 is 34.3 Å². The Labute approximate surface area is 113 Å². The fourth-order valence-corrected chi connectivity index (χ4v) is 2.69. The highest BCUT2D eigenvalue weighted by atomic mass is 35.5. The monoisotopic (exact) mass is 276 g/mol. The summed E-state index contributed by atoms with van der Waals surface area (Å²) in [7, 11) is 0. The molecule has 0 saturated carbocycles. The number of aromatic nitrogens is 4. The van der Waals surface area contributed by atoms with E-state index in [2.05, 4.69) is 26.2 Å². The van der Waals surface area contributed by atoms with E-state index in [1.165, 1.54) is 6.33 Å². The van der Waals surface area contributed by atoms with Crippen LogP contribution >= 0.6 is 23.4 Å². The summed E-state index contributed by atoms with van der Waals surface area (Å²) in [6, 6.07) is 9.99. The van der Waals surface area contributed by atoms with Crippen molar-refractivity contribution in [2.24, 2.45) is 0 Å². The van der Waals surface area contributed by atoms with Gasteiger partial charge in [-0.05, 0) is 12.1 Å². The Kier molecular flexibility index (Phi) is 3.17. The Morgan fingerprint density at radius 3 is 3.00 bits per heavy atom. The molecule has 0 unspecified atom stereocenters. The van der Waals surface area contributed by atoms with Crippen LogP contribution in [0, 0.1) is 0 Å². The van der Waals surface area contributed by atoms with Gasteiger partial charge in [0, 0.05) is 16.7 Å². The number of nitrogens with one attached hydrogen (secondary N) is 1. The fourth-order valence-electron chi connectivity index (χ4n) is 1.65. The van der Waals surface area contributed by atoms with Gasteiger partial charge in [-0.15, -0.1) is 0 Å². The first kappa shape index (κ1) is 11.5. The second-order valence-corrected chi connectivity index (χ2v) is 5.03. The average molecular weight is 277 g/mol. The van der Waals surface area contributed by atoms with Crippen LogP contribution in [0.3, 0.4) is 0 Å². The van der Waals surface area contributed by atoms with Gasteiger partial charge >= 0.3 is 0 Å². The minimum Gasteiger partial charge on any atom is -0.254 e. The molecule has 6 heteroatoms. The van der Waals surface area contributed by atoms with Crippen molar-refractivity contribution in [3.63, 3.8) is 0 Å². The number of hydrogen-bond donors (Lipinski definition) is 1. The van der Waals surface area contributed by atoms with Crippen molar-refractivity contribution in [2.45, 2.75) is 10.9 Å². The largest absolute Gasteiger partial charge is 0.254 e. The molecule has 18 heavy (non-hydrogen) atoms. The summed E-state index contributed by atoms with van der Waals surface area (Å²) in [4.78, 5) is 8.44. The molecule has 1 aromatic carbocycles. The van der Waals surface area contributed by atoms with Gasteiger partial charge in [-0.2, -0.15) is 5.10 Å². The van der Waals surface area contributed by atoms with Crippen molar-refractivity contribution in [1.29, 1.82) is 0 Å². The number of fused-ring (bicyclic) bond motifs is 1. The first-order valence-corrected chi connectivity index (χ1v) is 6.71. The topological polar surface area (TPSA) is 54.5 Å². The number of pyridine rings is 1. The fraction of sp³-hybridized carbons (Fsp3) is 0.0833. The first-order valence-electron chi connectivity index (χ1n) is 5.35. The van der Waals surface area contributed by atoms with Crippen LogP contribution in [0.4, 0.5) is 0 Å². The number of hydrogen-bond acceptors (Lipinski definition) is 4. The summed E-state index contributed by atoms with van der Waals surface area (Å²) in [5.74, 6) is 0.714. The summed E-state index contributed by atoms with van der Waals surface area (Å²) in [6.07, 6.45) is 1.49. The quantitative estimate of drug-likeness (QED) is 0.589. The van der Waals surface area contributed by atoms with E-state index >= 15 is 0 Å². The average Bonchev–Trinajstić information content (AvgIpc) is 2.89. The summed E-state index contributed by atoms with van der Waals surface area (Å²) < 4.78 is 0. The molecular weight excluding hydrogens is 268 g/mol. The molecule has 0 saturated heterocycles. The van der Waals surface area contributed by atoms with Crippen LogP contribution in [-0.2, 0) is 5.75 Å². The second-order valence-electron chi connectivity index (χ2n) is 3.71. The minimum atomic E-state index is 0.542. The van der Waals surface area contributed by atoms with Crippen molar-refractivity contribution < 1.29 is 0 Å². The lowest BCUT2D eigenvalue weighted by molar-refractivity contribution is 0.972. The Bertz CT molecular complexity index is 669. The Morgan fingerprint density at radius 2 is 2.17 bits per heavy atom. The molecule has 3 rings (SSSR count). The smallest absolute Gasteiger partial charge is 0.183 e. The molecule has 0 aliphatic heterocycles. The van der Waals surface area contributed by atoms with E-state index in [4.69, 9.17) is 11.6 Å². The van der Waals surface area contributed by atoms with E-state index in [0.717, 1.165) is 21.6 Å². The molecule has 2 aromatic heterocycles. The molecule has 90 valence electrons. The number of nitrogens with zero attached hydrogens (tertiary/aromatic N) is 3. The van der Waals surface area contributed by atoms with E-state index in [1.807, 2.05) is 24.3 Å². The third-order valence-corrected chi connectivity index (χ3v) is 3.76. The molecule has 0 aliphatic rings. The Balaban J connectivity index is 1.89. The lowest BCUT2D eigenvalue weighted by Gasteiger charge is -2.04. The molecule has 0 amide bonds. The van der Waals surface area contributed by atoms with Crippen LogP contribution in [0.15, 0.2) is 41.8 Å². The molecule has 2 heterocycles. The summed E-state index contributed by atoms with van der Waals surface area (Å²) in [5.41, 5.74) is 1.91. The third kappa shape index (κ3) is 2.32. The van der Waals surface area contributed by atoms with Gasteiger partial charge in [0.15, 0.2) is 5.16 Å². The molecular formula is C12H9ClN4S. The number of halogens is 1. The van der Waals surface area contributed by atoms with Crippen LogP contribution in [0.1, 0.15) is 5.56 Å². The molecule has 0 radical (unpaired) electrons. The van der Waals surface area contributed by atoms with E-state index in [9.17, 15) is 0 Å². The van der Waals surface area contributed by atoms with E-state index < -0.39 is 0 Å². The lowest BCUT2D eigenvalue weighted by atomic mass is 10.2. The van der Waals surface area contributed by atoms with Gasteiger partial charge in [0.1, 0.15) is 11.5 Å². The van der Waals surface area contributed by atoms with Crippen molar-refractivity contribution in [3.05, 3.63) is 47.4 Å². The van der Waals surface area contributed by atoms with Crippen LogP contribution in [-0.4, -0.2) is 20.2 Å². The minimum absolute atomic E-state index is 0.542. The highest BCUT2D eigenvalue weighted by molar-refractivity contribution is 7.98. The second kappa shape index (κ2) is 4.96. The van der Waals surface area contributed by atoms with Crippen LogP contribution in [0.5, 0.6) is 0 Å². The maximum Gasteiger partial charge on any atom is 0.183 e. The molecule has 4 nitrogen and oxygen atoms in total. The number of H-pyrrole nitrogens is 1. The number of rotatable bonds is 3. The van der Waals surface area contributed by atoms with Crippen molar-refractivity contribution in [2.75, 3.05) is 0 Å². The predicted molar refractivity (Wildman–Crippen MR) is 72.7 cm³/mol. The van der Waals surface area contributed by atoms with Gasteiger partial charge in [0.2, 0.25) is 0 Å². The van der Waals surface area contributed by atoms with E-state index in [0.29, 0.717) is 10.9 Å². The van der Waals surface area contributed by atoms with Gasteiger partial charge in [0.25, 0.3) is 0 Å². The molecule has 0 atom stereocenters. The molecule has 0 bridgehead atoms. The number of para-hydroxylation sites is 1. The van der Waals surface area contributed by atoms with E-state index in [1.54, 1.807) is 11.8 Å². The predicted octanol–water partition coefficient (Wildman–Crippen LogP) is 3.30. The molecule has 0 spiro atoms. The maximum absolute atomic E-state index is 6.17. The molecule has 0 aliphatic carbocycles. The zero-order valence-corrected chi connectivity index (χ0v) is 10.9. The highest BCUT2D eigenvalue weighted by Gasteiger charge is 2.06. The van der Waals surface area contributed by atoms with Gasteiger partial charge in [0.05, 0.1) is 5.52 Å². The van der Waals surface area contributed by atoms with Gasteiger partial charge < -0.3 is 0 Å². The lowest BCUT2D eigenvalue weighted by Crippen LogP contribution is -1.89. The summed E-state index contributed by atoms with van der Waals surface area (Å²) >= 11 is 7.72. The van der Waals surface area contributed by atoms with Crippen molar-refractivity contribution in [1.82, 2.24) is 20.2 Å². The molecule has 1 N–H and O–H groups in total. The Hall–Kier alpha value is -1.59. The van der Waals surface area contributed by atoms with Gasteiger partial charge in [-0.25, -0.2) is 9.97 Å². The van der Waals surface area contributed by atoms with E-state index in [-0.39, 0.29) is 0 Å². The van der Waals surface area contributed by atoms with Gasteiger partial charge in [-0.1, -0.05) is 41.6 Å². The normalized spacial score (nSPS) is 10.9. The standard InChI is InChI=1S/C12H9ClN4S/c13-11-9(6-18-12-14-7-15-17-12)5-8-3-1-2-4-10(8)16-11/h1-5,7H,6H2,(H,14,15,17). The molecule has 0 fully saturated rings. The number of thioether (sulfide) groups is 1. The molecule has 3 aromatic rings. The third-order valence-electron chi connectivity index (χ3n) is 2.51. The SMILES string of the molecule is Clc1nc2ccccc2cc1CSc1ncn[nH]1. The highest BCUT2D eigenvalue weighted by Crippen LogP contribution is 2.26. The van der Waals surface area contributed by atoms with Crippen LogP contribution < -0.4 is 0 Å². The Morgan fingerprint density at radius 1 is 1.28 bits per heavy atom. The maximum atomic E-state index is 6.17. The summed E-state index contributed by atoms with van der Waals surface area (Å²) in [5, 5.41) is 9.02. The first-order chi connectivity index (χ1) is 8.83. The van der Waals surface area contributed by atoms with Crippen molar-refractivity contribution in [3.8, 4) is 0 Å². The summed E-state index contributed by atoms with van der Waals surface area (Å²) in [6.45, 7) is 0. The van der Waals surface area contributed by atoms with Crippen LogP contribution in [0.25, 0.3) is 10.9 Å². The number of aromatic amines is 1.